The van der Waals surface area contributed by atoms with E-state index in [1.54, 1.807) is 34.9 Å². The van der Waals surface area contributed by atoms with Gasteiger partial charge in [-0.15, -0.1) is 0 Å². The molecule has 0 spiro atoms. The number of benzene rings is 2. The number of unbranched alkanes of at least 4 members (excludes halogenated alkanes) is 2. The van der Waals surface area contributed by atoms with E-state index in [-0.39, 0.29) is 23.3 Å². The Hall–Kier alpha value is -3.26. The molecule has 32 heavy (non-hydrogen) atoms. The van der Waals surface area contributed by atoms with Crippen molar-refractivity contribution >= 4 is 46.3 Å². The number of amides is 2. The van der Waals surface area contributed by atoms with Gasteiger partial charge in [-0.25, -0.2) is 0 Å². The van der Waals surface area contributed by atoms with Gasteiger partial charge in [0.2, 0.25) is 11.8 Å². The molecule has 0 saturated heterocycles. The molecule has 0 atom stereocenters. The number of hydrogen-bond acceptors (Lipinski definition) is 4. The second-order valence-corrected chi connectivity index (χ2v) is 8.40. The van der Waals surface area contributed by atoms with Crippen LogP contribution in [0, 0.1) is 10.7 Å². The first-order valence-electron chi connectivity index (χ1n) is 10.8. The normalized spacial score (nSPS) is 11.0. The summed E-state index contributed by atoms with van der Waals surface area (Å²) < 4.78 is 2.00. The number of aromatic amines is 1. The summed E-state index contributed by atoms with van der Waals surface area (Å²) in [6, 6.07) is 14.4. The van der Waals surface area contributed by atoms with E-state index >= 15 is 0 Å². The quantitative estimate of drug-likeness (QED) is 0.319. The van der Waals surface area contributed by atoms with Crippen LogP contribution in [0.2, 0.25) is 0 Å². The maximum absolute atomic E-state index is 12.6. The fourth-order valence-electron chi connectivity index (χ4n) is 3.28. The minimum Gasteiger partial charge on any atom is -0.332 e. The average Bonchev–Trinajstić information content (AvgIpc) is 2.76. The Morgan fingerprint density at radius 1 is 0.969 bits per heavy atom. The summed E-state index contributed by atoms with van der Waals surface area (Å²) >= 11 is 5.32. The van der Waals surface area contributed by atoms with Gasteiger partial charge in [0, 0.05) is 30.3 Å². The highest BCUT2D eigenvalue weighted by molar-refractivity contribution is 7.71. The molecule has 0 fully saturated rings. The second-order valence-electron chi connectivity index (χ2n) is 8.01. The molecule has 0 radical (unpaired) electrons. The molecular formula is C24H28N4O3S. The molecule has 3 rings (SSSR count). The van der Waals surface area contributed by atoms with E-state index in [9.17, 15) is 14.4 Å². The molecule has 0 saturated carbocycles. The number of rotatable bonds is 9. The Morgan fingerprint density at radius 3 is 2.31 bits per heavy atom. The van der Waals surface area contributed by atoms with Crippen LogP contribution in [0.1, 0.15) is 39.5 Å². The predicted molar refractivity (Wildman–Crippen MR) is 130 cm³/mol. The van der Waals surface area contributed by atoms with Gasteiger partial charge in [0.05, 0.1) is 10.9 Å². The zero-order valence-electron chi connectivity index (χ0n) is 18.3. The van der Waals surface area contributed by atoms with Gasteiger partial charge in [-0.2, -0.15) is 0 Å². The Morgan fingerprint density at radius 2 is 1.62 bits per heavy atom. The van der Waals surface area contributed by atoms with E-state index in [4.69, 9.17) is 12.2 Å². The number of aromatic nitrogens is 2. The fourth-order valence-corrected chi connectivity index (χ4v) is 3.57. The maximum Gasteiger partial charge on any atom is 0.262 e. The number of carbonyl (C=O) groups is 2. The van der Waals surface area contributed by atoms with Crippen molar-refractivity contribution in [3.8, 4) is 0 Å². The maximum atomic E-state index is 12.6. The summed E-state index contributed by atoms with van der Waals surface area (Å²) in [5, 5.41) is 6.30. The van der Waals surface area contributed by atoms with Crippen molar-refractivity contribution in [1.82, 2.24) is 9.55 Å². The van der Waals surface area contributed by atoms with Crippen molar-refractivity contribution in [1.29, 1.82) is 0 Å². The number of fused-ring (bicyclic) bond motifs is 1. The number of carbonyl (C=O) groups excluding carboxylic acids is 2. The van der Waals surface area contributed by atoms with Crippen molar-refractivity contribution in [2.24, 2.45) is 5.92 Å². The largest absolute Gasteiger partial charge is 0.332 e. The Balaban J connectivity index is 1.43. The number of anilines is 2. The zero-order valence-corrected chi connectivity index (χ0v) is 19.1. The van der Waals surface area contributed by atoms with Crippen LogP contribution in [-0.2, 0) is 16.1 Å². The highest BCUT2D eigenvalue weighted by Gasteiger charge is 2.08. The number of H-pyrrole nitrogens is 1. The van der Waals surface area contributed by atoms with Crippen molar-refractivity contribution < 1.29 is 9.59 Å². The van der Waals surface area contributed by atoms with Crippen LogP contribution < -0.4 is 16.2 Å². The lowest BCUT2D eigenvalue weighted by Gasteiger charge is -2.10. The van der Waals surface area contributed by atoms with Crippen molar-refractivity contribution in [3.63, 3.8) is 0 Å². The number of para-hydroxylation sites is 1. The van der Waals surface area contributed by atoms with Gasteiger partial charge < -0.3 is 15.6 Å². The molecule has 0 bridgehead atoms. The Kier molecular flexibility index (Phi) is 7.94. The standard InChI is InChI=1S/C24H28N4O3S/c1-16(2)22(30)26-18-13-11-17(12-14-18)25-21(29)10-4-3-7-15-28-23(31)19-8-5-6-9-20(19)27-24(28)32/h5-6,8-9,11-14,16H,3-4,7,10,15H2,1-2H3,(H,25,29)(H,26,30)(H,27,32). The molecule has 1 heterocycles. The summed E-state index contributed by atoms with van der Waals surface area (Å²) in [5.74, 6) is -0.206. The molecule has 2 amide bonds. The molecule has 8 heteroatoms. The average molecular weight is 453 g/mol. The van der Waals surface area contributed by atoms with Crippen LogP contribution in [0.25, 0.3) is 10.9 Å². The summed E-state index contributed by atoms with van der Waals surface area (Å²) in [6.45, 7) is 4.18. The smallest absolute Gasteiger partial charge is 0.262 e. The summed E-state index contributed by atoms with van der Waals surface area (Å²) in [7, 11) is 0. The second kappa shape index (κ2) is 10.9. The van der Waals surface area contributed by atoms with Gasteiger partial charge in [-0.05, 0) is 61.5 Å². The van der Waals surface area contributed by atoms with Crippen LogP contribution in [-0.4, -0.2) is 21.4 Å². The molecule has 3 N–H and O–H groups in total. The van der Waals surface area contributed by atoms with Crippen LogP contribution in [0.5, 0.6) is 0 Å². The summed E-state index contributed by atoms with van der Waals surface area (Å²) in [6.07, 6.45) is 2.67. The minimum atomic E-state index is -0.0925. The third-order valence-corrected chi connectivity index (χ3v) is 5.46. The summed E-state index contributed by atoms with van der Waals surface area (Å²) in [5.41, 5.74) is 2.04. The van der Waals surface area contributed by atoms with E-state index in [0.717, 1.165) is 18.4 Å². The fraction of sp³-hybridized carbons (Fsp3) is 0.333. The molecule has 7 nitrogen and oxygen atoms in total. The van der Waals surface area contributed by atoms with Crippen LogP contribution in [0.15, 0.2) is 53.3 Å². The van der Waals surface area contributed by atoms with E-state index in [1.165, 1.54) is 0 Å². The Labute approximate surface area is 191 Å². The predicted octanol–water partition coefficient (Wildman–Crippen LogP) is 4.85. The lowest BCUT2D eigenvalue weighted by atomic mass is 10.1. The van der Waals surface area contributed by atoms with E-state index in [1.807, 2.05) is 32.0 Å². The first kappa shape index (κ1) is 23.4. The van der Waals surface area contributed by atoms with E-state index < -0.39 is 0 Å². The Bertz CT molecular complexity index is 1210. The number of nitrogens with one attached hydrogen (secondary N) is 3. The minimum absolute atomic E-state index is 0.0474. The van der Waals surface area contributed by atoms with Gasteiger partial charge in [0.15, 0.2) is 4.77 Å². The first-order valence-corrected chi connectivity index (χ1v) is 11.2. The van der Waals surface area contributed by atoms with Crippen molar-refractivity contribution in [2.75, 3.05) is 10.6 Å². The third-order valence-electron chi connectivity index (χ3n) is 5.14. The lowest BCUT2D eigenvalue weighted by molar-refractivity contribution is -0.119. The molecule has 168 valence electrons. The van der Waals surface area contributed by atoms with E-state index in [2.05, 4.69) is 15.6 Å². The van der Waals surface area contributed by atoms with Gasteiger partial charge in [0.1, 0.15) is 0 Å². The van der Waals surface area contributed by atoms with Crippen molar-refractivity contribution in [3.05, 3.63) is 63.7 Å². The van der Waals surface area contributed by atoms with Gasteiger partial charge in [-0.1, -0.05) is 32.4 Å². The molecule has 0 aliphatic carbocycles. The topological polar surface area (TPSA) is 96.0 Å². The SMILES string of the molecule is CC(C)C(=O)Nc1ccc(NC(=O)CCCCCn2c(=S)[nH]c3ccccc3c2=O)cc1. The molecule has 0 aliphatic heterocycles. The first-order chi connectivity index (χ1) is 15.3. The van der Waals surface area contributed by atoms with Crippen LogP contribution >= 0.6 is 12.2 Å². The molecule has 3 aromatic rings. The number of hydrogen-bond donors (Lipinski definition) is 3. The monoisotopic (exact) mass is 452 g/mol. The van der Waals surface area contributed by atoms with E-state index in [0.29, 0.717) is 40.9 Å². The molecule has 0 unspecified atom stereocenters. The van der Waals surface area contributed by atoms with Crippen molar-refractivity contribution in [2.45, 2.75) is 46.1 Å². The molecule has 2 aromatic carbocycles. The highest BCUT2D eigenvalue weighted by atomic mass is 32.1. The lowest BCUT2D eigenvalue weighted by Crippen LogP contribution is -2.22. The van der Waals surface area contributed by atoms with Gasteiger partial charge in [0.25, 0.3) is 5.56 Å². The highest BCUT2D eigenvalue weighted by Crippen LogP contribution is 2.15. The van der Waals surface area contributed by atoms with Crippen LogP contribution in [0.4, 0.5) is 11.4 Å². The number of nitrogens with zero attached hydrogens (tertiary/aromatic N) is 1. The van der Waals surface area contributed by atoms with Gasteiger partial charge >= 0.3 is 0 Å². The van der Waals surface area contributed by atoms with Gasteiger partial charge in [-0.3, -0.25) is 19.0 Å². The molecule has 1 aromatic heterocycles. The third kappa shape index (κ3) is 6.13. The zero-order chi connectivity index (χ0) is 23.1. The summed E-state index contributed by atoms with van der Waals surface area (Å²) in [4.78, 5) is 39.6. The molecular weight excluding hydrogens is 424 g/mol. The van der Waals surface area contributed by atoms with Crippen LogP contribution in [0.3, 0.4) is 0 Å². The molecule has 0 aliphatic rings.